The lowest BCUT2D eigenvalue weighted by molar-refractivity contribution is 0.102. The summed E-state index contributed by atoms with van der Waals surface area (Å²) in [5.41, 5.74) is -0.878. The number of phenols is 1. The van der Waals surface area contributed by atoms with Gasteiger partial charge in [-0.2, -0.15) is 16.8 Å². The Hall–Kier alpha value is -4.83. The molecular formula is C29H31N5O16S4. The number of anilines is 1. The Morgan fingerprint density at radius 3 is 1.80 bits per heavy atom. The molecule has 0 saturated carbocycles. The van der Waals surface area contributed by atoms with Crippen LogP contribution in [0.5, 0.6) is 17.2 Å². The van der Waals surface area contributed by atoms with E-state index >= 15 is 0 Å². The van der Waals surface area contributed by atoms with Crippen LogP contribution in [0.4, 0.5) is 17.1 Å². The van der Waals surface area contributed by atoms with Crippen molar-refractivity contribution in [1.82, 2.24) is 9.44 Å². The van der Waals surface area contributed by atoms with E-state index in [1.165, 1.54) is 32.4 Å². The highest BCUT2D eigenvalue weighted by molar-refractivity contribution is 7.89. The number of nitrogens with zero attached hydrogens (tertiary/aromatic N) is 2. The smallest absolute Gasteiger partial charge is 0.397 e. The Morgan fingerprint density at radius 2 is 1.24 bits per heavy atom. The van der Waals surface area contributed by atoms with Crippen LogP contribution in [0.15, 0.2) is 86.7 Å². The third-order valence-electron chi connectivity index (χ3n) is 6.94. The average molecular weight is 834 g/mol. The number of rotatable bonds is 18. The van der Waals surface area contributed by atoms with Gasteiger partial charge >= 0.3 is 20.8 Å². The molecule has 54 heavy (non-hydrogen) atoms. The fourth-order valence-corrected chi connectivity index (χ4v) is 7.22. The van der Waals surface area contributed by atoms with Crippen LogP contribution in [0.1, 0.15) is 10.4 Å². The first kappa shape index (κ1) is 41.9. The molecule has 0 heterocycles. The summed E-state index contributed by atoms with van der Waals surface area (Å²) in [7, 11) is -15.7. The minimum absolute atomic E-state index is 0.0135. The lowest BCUT2D eigenvalue weighted by atomic mass is 10.0. The van der Waals surface area contributed by atoms with E-state index in [0.29, 0.717) is 10.8 Å². The van der Waals surface area contributed by atoms with Gasteiger partial charge in [-0.15, -0.1) is 10.2 Å². The van der Waals surface area contributed by atoms with Crippen LogP contribution in [0, 0.1) is 0 Å². The Labute approximate surface area is 308 Å². The molecule has 0 bridgehead atoms. The van der Waals surface area contributed by atoms with E-state index in [0.717, 1.165) is 24.3 Å². The van der Waals surface area contributed by atoms with Gasteiger partial charge in [0.15, 0.2) is 5.75 Å². The van der Waals surface area contributed by atoms with E-state index in [4.69, 9.17) is 18.6 Å². The van der Waals surface area contributed by atoms with Crippen molar-refractivity contribution in [2.24, 2.45) is 10.2 Å². The van der Waals surface area contributed by atoms with Gasteiger partial charge in [-0.3, -0.25) is 13.9 Å². The molecule has 25 heteroatoms. The quantitative estimate of drug-likeness (QED) is 0.0476. The molecule has 0 atom stereocenters. The summed E-state index contributed by atoms with van der Waals surface area (Å²) >= 11 is 0. The zero-order chi connectivity index (χ0) is 39.9. The standard InChI is InChI=1S/C29H31N5O16S4/c1-47-25-9-7-19(51(37,38)30-11-13-49-53(41,42)43)16-23(25)32-29(36)22-15-18-5-3-4-6-21(18)27(28(22)35)34-33-24-17-20(8-10-26(24)48-2)52(39,40)31-12-14-50-54(44,45)46/h3-10,15-17,30-31,35H,11-14H2,1-2H3,(H,32,36)(H,41,42,43)(H,44,45,46). The SMILES string of the molecule is COc1ccc(S(=O)(=O)NCCOS(=O)(=O)O)cc1N=Nc1c(O)c(C(=O)Nc2cc(S(=O)(=O)NCCOS(=O)(=O)O)ccc2OC)cc2ccccc12. The number of phenolic OH excluding ortho intramolecular Hbond substituents is 1. The Kier molecular flexibility index (Phi) is 13.3. The number of carbonyl (C=O) groups excluding carboxylic acids is 1. The average Bonchev–Trinajstić information content (AvgIpc) is 3.10. The van der Waals surface area contributed by atoms with Crippen LogP contribution in [0.3, 0.4) is 0 Å². The number of benzene rings is 4. The monoisotopic (exact) mass is 833 g/mol. The van der Waals surface area contributed by atoms with Crippen LogP contribution in [-0.4, -0.2) is 94.3 Å². The Morgan fingerprint density at radius 1 is 0.704 bits per heavy atom. The molecule has 4 aromatic rings. The summed E-state index contributed by atoms with van der Waals surface area (Å²) in [6.45, 7) is -2.50. The van der Waals surface area contributed by atoms with Gasteiger partial charge in [0.05, 0.1) is 48.5 Å². The van der Waals surface area contributed by atoms with Crippen molar-refractivity contribution in [2.45, 2.75) is 9.79 Å². The van der Waals surface area contributed by atoms with Crippen LogP contribution in [0.2, 0.25) is 0 Å². The van der Waals surface area contributed by atoms with E-state index in [9.17, 15) is 43.6 Å². The van der Waals surface area contributed by atoms with Crippen molar-refractivity contribution in [3.8, 4) is 17.2 Å². The van der Waals surface area contributed by atoms with Gasteiger partial charge < -0.3 is 19.9 Å². The molecule has 1 amide bonds. The molecule has 0 spiro atoms. The lowest BCUT2D eigenvalue weighted by Gasteiger charge is -2.15. The topological polar surface area (TPSA) is 312 Å². The molecule has 0 aliphatic heterocycles. The van der Waals surface area contributed by atoms with Gasteiger partial charge in [0.1, 0.15) is 22.9 Å². The second-order valence-electron chi connectivity index (χ2n) is 10.5. The molecule has 4 aromatic carbocycles. The van der Waals surface area contributed by atoms with Crippen LogP contribution >= 0.6 is 0 Å². The van der Waals surface area contributed by atoms with E-state index in [1.54, 1.807) is 24.3 Å². The Balaban J connectivity index is 1.67. The van der Waals surface area contributed by atoms with Gasteiger partial charge in [0, 0.05) is 18.5 Å². The number of aromatic hydroxyl groups is 1. The zero-order valence-corrected chi connectivity index (χ0v) is 31.1. The number of nitrogens with one attached hydrogen (secondary N) is 3. The van der Waals surface area contributed by atoms with Gasteiger partial charge in [-0.05, 0) is 47.9 Å². The van der Waals surface area contributed by atoms with Crippen LogP contribution in [-0.2, 0) is 49.2 Å². The molecule has 0 aliphatic rings. The maximum atomic E-state index is 13.6. The number of amides is 1. The number of sulfonamides is 2. The summed E-state index contributed by atoms with van der Waals surface area (Å²) in [5.74, 6) is -1.57. The van der Waals surface area contributed by atoms with Crippen molar-refractivity contribution in [3.63, 3.8) is 0 Å². The summed E-state index contributed by atoms with van der Waals surface area (Å²) in [6.07, 6.45) is 0. The fourth-order valence-electron chi connectivity index (χ4n) is 4.57. The maximum Gasteiger partial charge on any atom is 0.397 e. The van der Waals surface area contributed by atoms with Crippen LogP contribution in [0.25, 0.3) is 10.8 Å². The highest BCUT2D eigenvalue weighted by Crippen LogP contribution is 2.41. The number of hydrogen-bond donors (Lipinski definition) is 6. The first-order valence-corrected chi connectivity index (χ1v) is 20.5. The molecule has 292 valence electrons. The first-order chi connectivity index (χ1) is 25.2. The molecule has 0 radical (unpaired) electrons. The number of carbonyl (C=O) groups is 1. The maximum absolute atomic E-state index is 13.6. The first-order valence-electron chi connectivity index (χ1n) is 14.8. The predicted molar refractivity (Wildman–Crippen MR) is 189 cm³/mol. The molecule has 0 unspecified atom stereocenters. The van der Waals surface area contributed by atoms with E-state index in [1.807, 2.05) is 0 Å². The molecule has 0 saturated heterocycles. The van der Waals surface area contributed by atoms with Crippen molar-refractivity contribution in [1.29, 1.82) is 0 Å². The second kappa shape index (κ2) is 17.1. The largest absolute Gasteiger partial charge is 0.505 e. The summed E-state index contributed by atoms with van der Waals surface area (Å²) in [4.78, 5) is 12.9. The van der Waals surface area contributed by atoms with E-state index in [-0.39, 0.29) is 43.9 Å². The van der Waals surface area contributed by atoms with Gasteiger partial charge in [-0.1, -0.05) is 24.3 Å². The highest BCUT2D eigenvalue weighted by Gasteiger charge is 2.23. The van der Waals surface area contributed by atoms with E-state index in [2.05, 4.69) is 33.4 Å². The van der Waals surface area contributed by atoms with Gasteiger partial charge in [0.2, 0.25) is 20.0 Å². The molecule has 4 rings (SSSR count). The molecular weight excluding hydrogens is 803 g/mol. The molecule has 0 aliphatic carbocycles. The summed E-state index contributed by atoms with van der Waals surface area (Å²) < 4.78 is 135. The Bertz CT molecular complexity index is 2530. The van der Waals surface area contributed by atoms with Crippen LogP contribution < -0.4 is 24.2 Å². The summed E-state index contributed by atoms with van der Waals surface area (Å²) in [6, 6.07) is 14.6. The fraction of sp³-hybridized carbons (Fsp3) is 0.207. The lowest BCUT2D eigenvalue weighted by Crippen LogP contribution is -2.28. The van der Waals surface area contributed by atoms with E-state index < -0.39 is 78.8 Å². The predicted octanol–water partition coefficient (Wildman–Crippen LogP) is 2.43. The van der Waals surface area contributed by atoms with Crippen molar-refractivity contribution < 1.29 is 70.5 Å². The van der Waals surface area contributed by atoms with Gasteiger partial charge in [-0.25, -0.2) is 34.6 Å². The number of methoxy groups -OCH3 is 2. The minimum Gasteiger partial charge on any atom is -0.505 e. The zero-order valence-electron chi connectivity index (χ0n) is 27.9. The number of ether oxygens (including phenoxy) is 2. The number of azo groups is 1. The normalized spacial score (nSPS) is 12.6. The summed E-state index contributed by atoms with van der Waals surface area (Å²) in [5, 5.41) is 22.8. The molecule has 0 aromatic heterocycles. The van der Waals surface area contributed by atoms with Crippen molar-refractivity contribution in [3.05, 3.63) is 72.3 Å². The minimum atomic E-state index is -4.80. The van der Waals surface area contributed by atoms with Crippen molar-refractivity contribution >= 4 is 74.6 Å². The third kappa shape index (κ3) is 11.1. The van der Waals surface area contributed by atoms with Crippen molar-refractivity contribution in [2.75, 3.05) is 45.8 Å². The number of hydrogen-bond acceptors (Lipinski definition) is 16. The molecule has 0 fully saturated rings. The highest BCUT2D eigenvalue weighted by atomic mass is 32.3. The molecule has 21 nitrogen and oxygen atoms in total. The second-order valence-corrected chi connectivity index (χ2v) is 16.2. The molecule has 6 N–H and O–H groups in total. The van der Waals surface area contributed by atoms with Gasteiger partial charge in [0.25, 0.3) is 5.91 Å². The number of fused-ring (bicyclic) bond motifs is 1. The third-order valence-corrected chi connectivity index (χ3v) is 10.8.